The lowest BCUT2D eigenvalue weighted by molar-refractivity contribution is 0.481. The third-order valence-electron chi connectivity index (χ3n) is 3.54. The molecule has 0 amide bonds. The molecule has 0 aromatic heterocycles. The fraction of sp³-hybridized carbons (Fsp3) is 0. The fourth-order valence-corrected chi connectivity index (χ4v) is 3.58. The summed E-state index contributed by atoms with van der Waals surface area (Å²) in [5, 5.41) is 3.67. The van der Waals surface area contributed by atoms with E-state index in [1.807, 2.05) is 0 Å². The van der Waals surface area contributed by atoms with Crippen LogP contribution in [-0.4, -0.2) is 25.9 Å². The normalized spacial score (nSPS) is 12.2. The zero-order valence-electron chi connectivity index (χ0n) is 12.6. The van der Waals surface area contributed by atoms with E-state index in [9.17, 15) is 21.4 Å². The maximum absolute atomic E-state index is 11.7. The first-order chi connectivity index (χ1) is 11.6. The van der Waals surface area contributed by atoms with Gasteiger partial charge in [-0.05, 0) is 47.2 Å². The van der Waals surface area contributed by atoms with Crippen LogP contribution in [0.3, 0.4) is 0 Å². The molecule has 0 aliphatic carbocycles. The molecule has 0 atom stereocenters. The summed E-state index contributed by atoms with van der Waals surface area (Å²) in [5.41, 5.74) is 0.752. The SMILES string of the molecule is O=S(=O)(O)c1ccc2cc(Nc3ccccc3)c(S(=O)(=O)O)cc2c1. The molecule has 0 aliphatic heterocycles. The van der Waals surface area contributed by atoms with Crippen molar-refractivity contribution in [1.29, 1.82) is 0 Å². The molecule has 0 saturated carbocycles. The molecule has 3 aromatic rings. The average Bonchev–Trinajstić information content (AvgIpc) is 2.53. The van der Waals surface area contributed by atoms with Crippen LogP contribution >= 0.6 is 0 Å². The molecule has 0 bridgehead atoms. The third kappa shape index (κ3) is 3.80. The predicted molar refractivity (Wildman–Crippen MR) is 93.3 cm³/mol. The molecule has 3 aromatic carbocycles. The lowest BCUT2D eigenvalue weighted by Gasteiger charge is -2.12. The van der Waals surface area contributed by atoms with Gasteiger partial charge in [-0.2, -0.15) is 16.8 Å². The van der Waals surface area contributed by atoms with Gasteiger partial charge in [0.15, 0.2) is 0 Å². The smallest absolute Gasteiger partial charge is 0.296 e. The molecule has 0 heterocycles. The number of hydrogen-bond acceptors (Lipinski definition) is 5. The monoisotopic (exact) mass is 379 g/mol. The highest BCUT2D eigenvalue weighted by atomic mass is 32.2. The summed E-state index contributed by atoms with van der Waals surface area (Å²) in [4.78, 5) is -0.776. The summed E-state index contributed by atoms with van der Waals surface area (Å²) in [6.07, 6.45) is 0. The Morgan fingerprint density at radius 3 is 2.00 bits per heavy atom. The van der Waals surface area contributed by atoms with Gasteiger partial charge >= 0.3 is 0 Å². The van der Waals surface area contributed by atoms with Crippen LogP contribution < -0.4 is 5.32 Å². The molecule has 0 radical (unpaired) electrons. The van der Waals surface area contributed by atoms with Crippen molar-refractivity contribution in [3.8, 4) is 0 Å². The number of benzene rings is 3. The minimum atomic E-state index is -4.57. The standard InChI is InChI=1S/C16H13NO6S2/c18-24(19,20)14-7-6-11-9-15(17-13-4-2-1-3-5-13)16(25(21,22)23)10-12(11)8-14/h1-10,17H,(H,18,19,20)(H,21,22,23). The second-order valence-corrected chi connectivity index (χ2v) is 8.11. The Kier molecular flexibility index (Phi) is 4.25. The largest absolute Gasteiger partial charge is 0.354 e. The number of hydrogen-bond donors (Lipinski definition) is 3. The lowest BCUT2D eigenvalue weighted by Crippen LogP contribution is -2.04. The Bertz CT molecular complexity index is 1160. The van der Waals surface area contributed by atoms with Crippen LogP contribution in [0, 0.1) is 0 Å². The second kappa shape index (κ2) is 6.12. The molecule has 3 N–H and O–H groups in total. The quantitative estimate of drug-likeness (QED) is 0.596. The van der Waals surface area contributed by atoms with Crippen molar-refractivity contribution >= 4 is 42.4 Å². The van der Waals surface area contributed by atoms with Crippen LogP contribution in [0.15, 0.2) is 70.5 Å². The van der Waals surface area contributed by atoms with E-state index in [0.717, 1.165) is 12.1 Å². The fourth-order valence-electron chi connectivity index (χ4n) is 2.40. The summed E-state index contributed by atoms with van der Waals surface area (Å²) < 4.78 is 64.5. The first kappa shape index (κ1) is 17.4. The Balaban J connectivity index is 2.22. The molecular weight excluding hydrogens is 366 g/mol. The van der Waals surface area contributed by atoms with Gasteiger partial charge in [-0.3, -0.25) is 9.11 Å². The number of para-hydroxylation sites is 1. The molecule has 3 rings (SSSR count). The van der Waals surface area contributed by atoms with Gasteiger partial charge in [0.25, 0.3) is 20.2 Å². The van der Waals surface area contributed by atoms with Crippen molar-refractivity contribution in [2.75, 3.05) is 5.32 Å². The van der Waals surface area contributed by atoms with Crippen molar-refractivity contribution in [3.05, 3.63) is 60.7 Å². The Labute approximate surface area is 144 Å². The average molecular weight is 379 g/mol. The van der Waals surface area contributed by atoms with E-state index in [1.54, 1.807) is 30.3 Å². The van der Waals surface area contributed by atoms with Gasteiger partial charge in [0, 0.05) is 5.69 Å². The van der Waals surface area contributed by atoms with Gasteiger partial charge < -0.3 is 5.32 Å². The highest BCUT2D eigenvalue weighted by Crippen LogP contribution is 2.31. The van der Waals surface area contributed by atoms with E-state index in [-0.39, 0.29) is 16.0 Å². The molecule has 0 aliphatic rings. The highest BCUT2D eigenvalue weighted by molar-refractivity contribution is 7.86. The van der Waals surface area contributed by atoms with Crippen molar-refractivity contribution < 1.29 is 25.9 Å². The van der Waals surface area contributed by atoms with E-state index in [1.165, 1.54) is 18.2 Å². The first-order valence-electron chi connectivity index (χ1n) is 6.99. The van der Waals surface area contributed by atoms with E-state index in [4.69, 9.17) is 4.55 Å². The molecule has 130 valence electrons. The summed E-state index contributed by atoms with van der Waals surface area (Å²) in [5.74, 6) is 0. The van der Waals surface area contributed by atoms with Crippen LogP contribution in [0.5, 0.6) is 0 Å². The van der Waals surface area contributed by atoms with E-state index in [0.29, 0.717) is 11.1 Å². The lowest BCUT2D eigenvalue weighted by atomic mass is 10.1. The summed E-state index contributed by atoms with van der Waals surface area (Å²) in [7, 11) is -9.00. The number of fused-ring (bicyclic) bond motifs is 1. The topological polar surface area (TPSA) is 121 Å². The van der Waals surface area contributed by atoms with Gasteiger partial charge in [0.05, 0.1) is 10.6 Å². The zero-order valence-corrected chi connectivity index (χ0v) is 14.3. The van der Waals surface area contributed by atoms with Crippen LogP contribution in [0.2, 0.25) is 0 Å². The first-order valence-corrected chi connectivity index (χ1v) is 9.87. The highest BCUT2D eigenvalue weighted by Gasteiger charge is 2.18. The van der Waals surface area contributed by atoms with Crippen LogP contribution in [-0.2, 0) is 20.2 Å². The number of nitrogens with one attached hydrogen (secondary N) is 1. The van der Waals surface area contributed by atoms with Crippen LogP contribution in [0.1, 0.15) is 0 Å². The van der Waals surface area contributed by atoms with E-state index in [2.05, 4.69) is 5.32 Å². The Morgan fingerprint density at radius 2 is 1.40 bits per heavy atom. The summed E-state index contributed by atoms with van der Waals surface area (Å²) in [6.45, 7) is 0. The summed E-state index contributed by atoms with van der Waals surface area (Å²) >= 11 is 0. The molecule has 9 heteroatoms. The summed E-state index contributed by atoms with van der Waals surface area (Å²) in [6, 6.07) is 15.1. The van der Waals surface area contributed by atoms with Gasteiger partial charge in [0.2, 0.25) is 0 Å². The maximum atomic E-state index is 11.7. The minimum absolute atomic E-state index is 0.140. The van der Waals surface area contributed by atoms with Gasteiger partial charge in [-0.1, -0.05) is 24.3 Å². The number of rotatable bonds is 4. The van der Waals surface area contributed by atoms with Gasteiger partial charge in [-0.25, -0.2) is 0 Å². The second-order valence-electron chi connectivity index (χ2n) is 5.30. The van der Waals surface area contributed by atoms with E-state index >= 15 is 0 Å². The minimum Gasteiger partial charge on any atom is -0.354 e. The molecule has 0 unspecified atom stereocenters. The van der Waals surface area contributed by atoms with Crippen molar-refractivity contribution in [1.82, 2.24) is 0 Å². The van der Waals surface area contributed by atoms with Gasteiger partial charge in [-0.15, -0.1) is 0 Å². The van der Waals surface area contributed by atoms with Crippen molar-refractivity contribution in [2.24, 2.45) is 0 Å². The molecule has 7 nitrogen and oxygen atoms in total. The Morgan fingerprint density at radius 1 is 0.720 bits per heavy atom. The molecule has 0 fully saturated rings. The van der Waals surface area contributed by atoms with Crippen molar-refractivity contribution in [2.45, 2.75) is 9.79 Å². The molecular formula is C16H13NO6S2. The van der Waals surface area contributed by atoms with Crippen molar-refractivity contribution in [3.63, 3.8) is 0 Å². The van der Waals surface area contributed by atoms with Crippen LogP contribution in [0.25, 0.3) is 10.8 Å². The Hall–Kier alpha value is -2.46. The molecule has 0 spiro atoms. The third-order valence-corrected chi connectivity index (χ3v) is 5.28. The van der Waals surface area contributed by atoms with E-state index < -0.39 is 25.1 Å². The number of anilines is 2. The molecule has 0 saturated heterocycles. The predicted octanol–water partition coefficient (Wildman–Crippen LogP) is 3.08. The molecule has 25 heavy (non-hydrogen) atoms. The van der Waals surface area contributed by atoms with Gasteiger partial charge in [0.1, 0.15) is 4.90 Å². The van der Waals surface area contributed by atoms with Crippen LogP contribution in [0.4, 0.5) is 11.4 Å². The zero-order chi connectivity index (χ0) is 18.2. The maximum Gasteiger partial charge on any atom is 0.296 e.